The normalized spacial score (nSPS) is 21.4. The molecule has 1 saturated heterocycles. The highest BCUT2D eigenvalue weighted by Crippen LogP contribution is 2.37. The van der Waals surface area contributed by atoms with E-state index >= 15 is 0 Å². The third-order valence-corrected chi connectivity index (χ3v) is 7.30. The number of benzene rings is 2. The standard InChI is InChI=1S/C27H33N3O3/c1-16-10-22-23(11-17(16)2)30-26(29-22)14-19-12-20(15-28-27(19)31)18-8-9-24(32-3)25(13-18)33-21-6-4-5-7-21/h8-11,13,19-21H,4-7,12,14-15H2,1-3H3,(H,28,31)(H,29,30)/t19-,20-/m1/s1. The number of nitrogens with zero attached hydrogens (tertiary/aromatic N) is 1. The maximum absolute atomic E-state index is 12.7. The Morgan fingerprint density at radius 1 is 1.06 bits per heavy atom. The highest BCUT2D eigenvalue weighted by atomic mass is 16.5. The van der Waals surface area contributed by atoms with Gasteiger partial charge in [-0.25, -0.2) is 4.98 Å². The monoisotopic (exact) mass is 447 g/mol. The molecule has 2 heterocycles. The Labute approximate surface area is 195 Å². The number of piperidine rings is 1. The van der Waals surface area contributed by atoms with Crippen molar-refractivity contribution in [2.75, 3.05) is 13.7 Å². The summed E-state index contributed by atoms with van der Waals surface area (Å²) in [7, 11) is 1.68. The second-order valence-electron chi connectivity index (χ2n) is 9.65. The largest absolute Gasteiger partial charge is 0.493 e. The number of carbonyl (C=O) groups is 1. The lowest BCUT2D eigenvalue weighted by atomic mass is 9.83. The van der Waals surface area contributed by atoms with Gasteiger partial charge in [0.15, 0.2) is 11.5 Å². The summed E-state index contributed by atoms with van der Waals surface area (Å²) in [6.45, 7) is 4.85. The third-order valence-electron chi connectivity index (χ3n) is 7.30. The fourth-order valence-electron chi connectivity index (χ4n) is 5.21. The number of ether oxygens (including phenoxy) is 2. The summed E-state index contributed by atoms with van der Waals surface area (Å²) in [4.78, 5) is 20.9. The van der Waals surface area contributed by atoms with Crippen LogP contribution in [0.5, 0.6) is 11.5 Å². The molecule has 1 aliphatic heterocycles. The first kappa shape index (κ1) is 21.8. The SMILES string of the molecule is COc1ccc([C@H]2CNC(=O)[C@@H](Cc3nc4cc(C)c(C)cc4[nH]3)C2)cc1OC1CCCC1. The molecule has 1 amide bonds. The quantitative estimate of drug-likeness (QED) is 0.559. The molecule has 0 radical (unpaired) electrons. The first-order valence-electron chi connectivity index (χ1n) is 12.1. The van der Waals surface area contributed by atoms with Gasteiger partial charge in [-0.15, -0.1) is 0 Å². The Bertz CT molecular complexity index is 1120. The molecule has 2 N–H and O–H groups in total. The lowest BCUT2D eigenvalue weighted by Gasteiger charge is -2.29. The Kier molecular flexibility index (Phi) is 6.00. The van der Waals surface area contributed by atoms with Crippen LogP contribution < -0.4 is 14.8 Å². The van der Waals surface area contributed by atoms with E-state index < -0.39 is 0 Å². The van der Waals surface area contributed by atoms with Gasteiger partial charge in [0.2, 0.25) is 5.91 Å². The second-order valence-corrected chi connectivity index (χ2v) is 9.65. The number of imidazole rings is 1. The molecule has 2 atom stereocenters. The molecule has 0 spiro atoms. The molecule has 0 bridgehead atoms. The zero-order valence-electron chi connectivity index (χ0n) is 19.7. The van der Waals surface area contributed by atoms with Crippen molar-refractivity contribution in [2.45, 2.75) is 64.4 Å². The summed E-state index contributed by atoms with van der Waals surface area (Å²) >= 11 is 0. The van der Waals surface area contributed by atoms with E-state index in [9.17, 15) is 4.79 Å². The Morgan fingerprint density at radius 3 is 2.64 bits per heavy atom. The van der Waals surface area contributed by atoms with Gasteiger partial charge in [0, 0.05) is 24.8 Å². The van der Waals surface area contributed by atoms with E-state index in [1.165, 1.54) is 29.5 Å². The van der Waals surface area contributed by atoms with Crippen molar-refractivity contribution in [3.8, 4) is 11.5 Å². The lowest BCUT2D eigenvalue weighted by Crippen LogP contribution is -2.41. The molecule has 2 fully saturated rings. The van der Waals surface area contributed by atoms with Crippen LogP contribution in [0.25, 0.3) is 11.0 Å². The van der Waals surface area contributed by atoms with Crippen molar-refractivity contribution in [3.63, 3.8) is 0 Å². The van der Waals surface area contributed by atoms with E-state index in [2.05, 4.69) is 48.4 Å². The average Bonchev–Trinajstić information content (AvgIpc) is 3.45. The highest BCUT2D eigenvalue weighted by molar-refractivity contribution is 5.81. The van der Waals surface area contributed by atoms with Gasteiger partial charge in [-0.2, -0.15) is 0 Å². The number of carbonyl (C=O) groups excluding carboxylic acids is 1. The lowest BCUT2D eigenvalue weighted by molar-refractivity contribution is -0.127. The number of aryl methyl sites for hydroxylation is 2. The van der Waals surface area contributed by atoms with E-state index in [0.717, 1.165) is 47.6 Å². The number of amides is 1. The number of fused-ring (bicyclic) bond motifs is 1. The number of aromatic amines is 1. The van der Waals surface area contributed by atoms with Gasteiger partial charge in [0.1, 0.15) is 5.82 Å². The summed E-state index contributed by atoms with van der Waals surface area (Å²) in [6.07, 6.45) is 6.32. The molecule has 33 heavy (non-hydrogen) atoms. The van der Waals surface area contributed by atoms with Crippen LogP contribution in [0.1, 0.15) is 60.5 Å². The maximum atomic E-state index is 12.7. The van der Waals surface area contributed by atoms with Crippen LogP contribution in [0.3, 0.4) is 0 Å². The molecule has 174 valence electrons. The highest BCUT2D eigenvalue weighted by Gasteiger charge is 2.31. The first-order chi connectivity index (χ1) is 16.0. The minimum atomic E-state index is -0.118. The molecular weight excluding hydrogens is 414 g/mol. The second kappa shape index (κ2) is 9.08. The van der Waals surface area contributed by atoms with Gasteiger partial charge in [0.05, 0.1) is 24.2 Å². The van der Waals surface area contributed by atoms with Crippen molar-refractivity contribution in [1.82, 2.24) is 15.3 Å². The van der Waals surface area contributed by atoms with Crippen molar-refractivity contribution in [3.05, 3.63) is 52.8 Å². The van der Waals surface area contributed by atoms with Crippen LogP contribution in [-0.4, -0.2) is 35.6 Å². The number of methoxy groups -OCH3 is 1. The molecule has 2 aromatic carbocycles. The number of nitrogens with one attached hydrogen (secondary N) is 2. The maximum Gasteiger partial charge on any atom is 0.223 e. The molecule has 6 nitrogen and oxygen atoms in total. The predicted molar refractivity (Wildman–Crippen MR) is 129 cm³/mol. The van der Waals surface area contributed by atoms with Crippen LogP contribution in [0.15, 0.2) is 30.3 Å². The van der Waals surface area contributed by atoms with Crippen LogP contribution in [-0.2, 0) is 11.2 Å². The number of H-pyrrole nitrogens is 1. The average molecular weight is 448 g/mol. The van der Waals surface area contributed by atoms with Gasteiger partial charge in [-0.05, 0) is 86.9 Å². The van der Waals surface area contributed by atoms with E-state index in [0.29, 0.717) is 13.0 Å². The van der Waals surface area contributed by atoms with E-state index in [1.807, 2.05) is 6.07 Å². The Hall–Kier alpha value is -3.02. The minimum Gasteiger partial charge on any atom is -0.493 e. The molecule has 1 aromatic heterocycles. The zero-order valence-corrected chi connectivity index (χ0v) is 19.7. The molecule has 1 aliphatic carbocycles. The number of hydrogen-bond donors (Lipinski definition) is 2. The third kappa shape index (κ3) is 4.56. The van der Waals surface area contributed by atoms with Gasteiger partial charge in [-0.1, -0.05) is 6.07 Å². The summed E-state index contributed by atoms with van der Waals surface area (Å²) in [5.74, 6) is 2.69. The van der Waals surface area contributed by atoms with Crippen LogP contribution in [0, 0.1) is 19.8 Å². The Balaban J connectivity index is 1.34. The molecule has 1 saturated carbocycles. The van der Waals surface area contributed by atoms with E-state index in [-0.39, 0.29) is 23.8 Å². The van der Waals surface area contributed by atoms with Gasteiger partial charge >= 0.3 is 0 Å². The summed E-state index contributed by atoms with van der Waals surface area (Å²) in [6, 6.07) is 10.5. The summed E-state index contributed by atoms with van der Waals surface area (Å²) in [5, 5.41) is 3.12. The number of aromatic nitrogens is 2. The fourth-order valence-corrected chi connectivity index (χ4v) is 5.21. The zero-order chi connectivity index (χ0) is 22.9. The molecule has 0 unspecified atom stereocenters. The molecule has 6 heteroatoms. The molecule has 3 aromatic rings. The van der Waals surface area contributed by atoms with Crippen LogP contribution >= 0.6 is 0 Å². The van der Waals surface area contributed by atoms with Gasteiger partial charge < -0.3 is 19.8 Å². The smallest absolute Gasteiger partial charge is 0.223 e. The first-order valence-corrected chi connectivity index (χ1v) is 12.1. The van der Waals surface area contributed by atoms with Crippen molar-refractivity contribution >= 4 is 16.9 Å². The predicted octanol–water partition coefficient (Wildman–Crippen LogP) is 4.97. The molecular formula is C27H33N3O3. The molecule has 2 aliphatic rings. The summed E-state index contributed by atoms with van der Waals surface area (Å²) in [5.41, 5.74) is 5.65. The van der Waals surface area contributed by atoms with Crippen molar-refractivity contribution in [1.29, 1.82) is 0 Å². The molecule has 5 rings (SSSR count). The fraction of sp³-hybridized carbons (Fsp3) is 0.481. The van der Waals surface area contributed by atoms with Gasteiger partial charge in [-0.3, -0.25) is 4.79 Å². The number of hydrogen-bond acceptors (Lipinski definition) is 4. The van der Waals surface area contributed by atoms with Crippen molar-refractivity contribution < 1.29 is 14.3 Å². The topological polar surface area (TPSA) is 76.2 Å². The van der Waals surface area contributed by atoms with Crippen LogP contribution in [0.4, 0.5) is 0 Å². The van der Waals surface area contributed by atoms with E-state index in [1.54, 1.807) is 7.11 Å². The van der Waals surface area contributed by atoms with E-state index in [4.69, 9.17) is 14.5 Å². The number of rotatable bonds is 6. The summed E-state index contributed by atoms with van der Waals surface area (Å²) < 4.78 is 11.9. The van der Waals surface area contributed by atoms with Crippen molar-refractivity contribution in [2.24, 2.45) is 5.92 Å². The minimum absolute atomic E-state index is 0.106. The van der Waals surface area contributed by atoms with Crippen LogP contribution in [0.2, 0.25) is 0 Å². The van der Waals surface area contributed by atoms with Gasteiger partial charge in [0.25, 0.3) is 0 Å². The Morgan fingerprint density at radius 2 is 1.85 bits per heavy atom.